The number of aromatic amines is 1. The monoisotopic (exact) mass is 366 g/mol. The van der Waals surface area contributed by atoms with Crippen molar-refractivity contribution in [2.45, 2.75) is 38.5 Å². The van der Waals surface area contributed by atoms with Crippen LogP contribution in [-0.4, -0.2) is 35.0 Å². The van der Waals surface area contributed by atoms with Crippen molar-refractivity contribution in [2.75, 3.05) is 14.2 Å². The first-order chi connectivity index (χ1) is 13.2. The minimum Gasteiger partial charge on any atom is -0.481 e. The first kappa shape index (κ1) is 18.9. The molecule has 27 heavy (non-hydrogen) atoms. The highest BCUT2D eigenvalue weighted by Crippen LogP contribution is 2.25. The number of pyridine rings is 1. The molecule has 0 aliphatic carbocycles. The van der Waals surface area contributed by atoms with E-state index in [-0.39, 0.29) is 5.91 Å². The maximum absolute atomic E-state index is 11.2. The van der Waals surface area contributed by atoms with E-state index < -0.39 is 0 Å². The van der Waals surface area contributed by atoms with Crippen LogP contribution in [0.5, 0.6) is 5.88 Å². The second-order valence-electron chi connectivity index (χ2n) is 6.62. The van der Waals surface area contributed by atoms with Gasteiger partial charge >= 0.3 is 0 Å². The fourth-order valence-electron chi connectivity index (χ4n) is 3.09. The average molecular weight is 366 g/mol. The van der Waals surface area contributed by atoms with E-state index in [9.17, 15) is 4.79 Å². The van der Waals surface area contributed by atoms with Gasteiger partial charge in [0.25, 0.3) is 0 Å². The number of hydrogen-bond donors (Lipinski definition) is 2. The van der Waals surface area contributed by atoms with E-state index >= 15 is 0 Å². The van der Waals surface area contributed by atoms with E-state index in [4.69, 9.17) is 4.74 Å². The van der Waals surface area contributed by atoms with Gasteiger partial charge in [-0.05, 0) is 24.3 Å². The standard InChI is InChI=1S/C21H26N4O2/c1-22-20(26)8-6-4-3-5-7-19-23-14-18(25-19)16-10-9-15-12-21(27-2)24-13-17(15)11-16/h9-14H,3-8H2,1-2H3,(H,22,26)(H,23,25). The summed E-state index contributed by atoms with van der Waals surface area (Å²) in [6.45, 7) is 0. The summed E-state index contributed by atoms with van der Waals surface area (Å²) in [5.41, 5.74) is 2.11. The number of hydrogen-bond acceptors (Lipinski definition) is 4. The molecule has 6 heteroatoms. The van der Waals surface area contributed by atoms with Gasteiger partial charge in [-0.25, -0.2) is 9.97 Å². The second-order valence-corrected chi connectivity index (χ2v) is 6.62. The van der Waals surface area contributed by atoms with E-state index in [0.717, 1.165) is 60.0 Å². The van der Waals surface area contributed by atoms with Gasteiger partial charge < -0.3 is 15.0 Å². The molecule has 0 aliphatic rings. The molecule has 1 amide bonds. The molecule has 0 radical (unpaired) electrons. The number of H-pyrrole nitrogens is 1. The lowest BCUT2D eigenvalue weighted by Crippen LogP contribution is -2.16. The van der Waals surface area contributed by atoms with Gasteiger partial charge in [-0.3, -0.25) is 4.79 Å². The van der Waals surface area contributed by atoms with Gasteiger partial charge in [-0.15, -0.1) is 0 Å². The summed E-state index contributed by atoms with van der Waals surface area (Å²) in [7, 11) is 3.30. The van der Waals surface area contributed by atoms with Crippen LogP contribution in [-0.2, 0) is 11.2 Å². The first-order valence-corrected chi connectivity index (χ1v) is 9.38. The second kappa shape index (κ2) is 9.16. The maximum atomic E-state index is 11.2. The largest absolute Gasteiger partial charge is 0.481 e. The van der Waals surface area contributed by atoms with Gasteiger partial charge in [0.2, 0.25) is 11.8 Å². The number of unbranched alkanes of at least 4 members (excludes halogenated alkanes) is 3. The van der Waals surface area contributed by atoms with E-state index in [1.54, 1.807) is 14.2 Å². The molecule has 3 rings (SSSR count). The van der Waals surface area contributed by atoms with Gasteiger partial charge in [0.15, 0.2) is 0 Å². The van der Waals surface area contributed by atoms with Crippen LogP contribution in [0.15, 0.2) is 36.7 Å². The summed E-state index contributed by atoms with van der Waals surface area (Å²) in [5.74, 6) is 1.74. The molecule has 0 aliphatic heterocycles. The summed E-state index contributed by atoms with van der Waals surface area (Å²) in [6, 6.07) is 8.19. The molecular formula is C21H26N4O2. The Kier molecular flexibility index (Phi) is 6.41. The van der Waals surface area contributed by atoms with Crippen molar-refractivity contribution in [2.24, 2.45) is 0 Å². The van der Waals surface area contributed by atoms with Crippen molar-refractivity contribution in [1.82, 2.24) is 20.3 Å². The zero-order valence-corrected chi connectivity index (χ0v) is 15.9. The number of rotatable bonds is 9. The van der Waals surface area contributed by atoms with E-state index in [1.165, 1.54) is 0 Å². The molecule has 0 spiro atoms. The van der Waals surface area contributed by atoms with Crippen molar-refractivity contribution < 1.29 is 9.53 Å². The Labute approximate surface area is 159 Å². The number of carbonyl (C=O) groups is 1. The van der Waals surface area contributed by atoms with Crippen molar-refractivity contribution in [1.29, 1.82) is 0 Å². The zero-order valence-electron chi connectivity index (χ0n) is 15.9. The van der Waals surface area contributed by atoms with Crippen LogP contribution < -0.4 is 10.1 Å². The Balaban J connectivity index is 1.54. The Bertz CT molecular complexity index is 904. The Morgan fingerprint density at radius 1 is 1.07 bits per heavy atom. The molecule has 0 unspecified atom stereocenters. The molecule has 0 saturated heterocycles. The van der Waals surface area contributed by atoms with E-state index in [0.29, 0.717) is 12.3 Å². The Hall–Kier alpha value is -2.89. The summed E-state index contributed by atoms with van der Waals surface area (Å²) >= 11 is 0. The molecule has 3 aromatic rings. The zero-order chi connectivity index (χ0) is 19.1. The van der Waals surface area contributed by atoms with Crippen molar-refractivity contribution in [3.8, 4) is 17.1 Å². The number of aromatic nitrogens is 3. The number of nitrogens with zero attached hydrogens (tertiary/aromatic N) is 2. The van der Waals surface area contributed by atoms with E-state index in [1.807, 2.05) is 18.5 Å². The summed E-state index contributed by atoms with van der Waals surface area (Å²) in [5, 5.41) is 4.82. The predicted molar refractivity (Wildman–Crippen MR) is 107 cm³/mol. The number of carbonyl (C=O) groups excluding carboxylic acids is 1. The molecule has 1 aromatic carbocycles. The van der Waals surface area contributed by atoms with Crippen LogP contribution >= 0.6 is 0 Å². The fourth-order valence-corrected chi connectivity index (χ4v) is 3.09. The summed E-state index contributed by atoms with van der Waals surface area (Å²) in [4.78, 5) is 23.4. The lowest BCUT2D eigenvalue weighted by molar-refractivity contribution is -0.120. The number of aryl methyl sites for hydroxylation is 1. The number of nitrogens with one attached hydrogen (secondary N) is 2. The molecule has 0 saturated carbocycles. The quantitative estimate of drug-likeness (QED) is 0.563. The SMILES string of the molecule is CNC(=O)CCCCCCc1ncc(-c2ccc3cc(OC)ncc3c2)[nH]1. The first-order valence-electron chi connectivity index (χ1n) is 9.38. The van der Waals surface area contributed by atoms with Crippen LogP contribution in [0.2, 0.25) is 0 Å². The highest BCUT2D eigenvalue weighted by atomic mass is 16.5. The molecule has 0 atom stereocenters. The molecule has 6 nitrogen and oxygen atoms in total. The smallest absolute Gasteiger partial charge is 0.219 e. The average Bonchev–Trinajstić information content (AvgIpc) is 3.18. The normalized spacial score (nSPS) is 10.9. The number of benzene rings is 1. The van der Waals surface area contributed by atoms with Crippen molar-refractivity contribution >= 4 is 16.7 Å². The van der Waals surface area contributed by atoms with Gasteiger partial charge in [-0.2, -0.15) is 0 Å². The van der Waals surface area contributed by atoms with Crippen LogP contribution in [0, 0.1) is 0 Å². The van der Waals surface area contributed by atoms with Crippen molar-refractivity contribution in [3.05, 3.63) is 42.5 Å². The highest BCUT2D eigenvalue weighted by Gasteiger charge is 2.06. The third kappa shape index (κ3) is 5.06. The van der Waals surface area contributed by atoms with Gasteiger partial charge in [0, 0.05) is 43.1 Å². The molecule has 0 fully saturated rings. The molecule has 2 N–H and O–H groups in total. The predicted octanol–water partition coefficient (Wildman–Crippen LogP) is 3.87. The number of methoxy groups -OCH3 is 1. The van der Waals surface area contributed by atoms with Gasteiger partial charge in [0.1, 0.15) is 5.82 Å². The Morgan fingerprint density at radius 2 is 1.93 bits per heavy atom. The van der Waals surface area contributed by atoms with Crippen LogP contribution in [0.1, 0.15) is 37.9 Å². The van der Waals surface area contributed by atoms with Crippen molar-refractivity contribution in [3.63, 3.8) is 0 Å². The molecule has 2 heterocycles. The van der Waals surface area contributed by atoms with Crippen LogP contribution in [0.3, 0.4) is 0 Å². The minimum absolute atomic E-state index is 0.120. The number of amides is 1. The van der Waals surface area contributed by atoms with Gasteiger partial charge in [0.05, 0.1) is 19.0 Å². The minimum atomic E-state index is 0.120. The van der Waals surface area contributed by atoms with Crippen LogP contribution in [0.4, 0.5) is 0 Å². The highest BCUT2D eigenvalue weighted by molar-refractivity contribution is 5.86. The maximum Gasteiger partial charge on any atom is 0.219 e. The third-order valence-electron chi connectivity index (χ3n) is 4.69. The number of ether oxygens (including phenoxy) is 1. The lowest BCUT2D eigenvalue weighted by atomic mass is 10.1. The molecular weight excluding hydrogens is 340 g/mol. The lowest BCUT2D eigenvalue weighted by Gasteiger charge is -2.04. The number of fused-ring (bicyclic) bond motifs is 1. The summed E-state index contributed by atoms with van der Waals surface area (Å²) in [6.07, 6.45) is 9.45. The fraction of sp³-hybridized carbons (Fsp3) is 0.381. The molecule has 0 bridgehead atoms. The molecule has 2 aromatic heterocycles. The van der Waals surface area contributed by atoms with E-state index in [2.05, 4.69) is 38.5 Å². The van der Waals surface area contributed by atoms with Crippen LogP contribution in [0.25, 0.3) is 22.0 Å². The third-order valence-corrected chi connectivity index (χ3v) is 4.69. The topological polar surface area (TPSA) is 79.9 Å². The summed E-state index contributed by atoms with van der Waals surface area (Å²) < 4.78 is 5.17. The Morgan fingerprint density at radius 3 is 2.74 bits per heavy atom. The molecule has 142 valence electrons. The van der Waals surface area contributed by atoms with Gasteiger partial charge in [-0.1, -0.05) is 25.0 Å². The number of imidazole rings is 1.